The lowest BCUT2D eigenvalue weighted by atomic mass is 10.0. The van der Waals surface area contributed by atoms with E-state index in [1.165, 1.54) is 19.1 Å². The van der Waals surface area contributed by atoms with E-state index in [1.807, 2.05) is 31.2 Å². The molecule has 0 aliphatic heterocycles. The van der Waals surface area contributed by atoms with Crippen LogP contribution in [0.3, 0.4) is 0 Å². The summed E-state index contributed by atoms with van der Waals surface area (Å²) in [4.78, 5) is 12.2. The molecule has 0 aliphatic carbocycles. The molecule has 0 radical (unpaired) electrons. The van der Waals surface area contributed by atoms with Gasteiger partial charge < -0.3 is 5.32 Å². The van der Waals surface area contributed by atoms with Gasteiger partial charge in [-0.1, -0.05) is 30.3 Å². The summed E-state index contributed by atoms with van der Waals surface area (Å²) in [6, 6.07) is 11.9. The first-order valence-corrected chi connectivity index (χ1v) is 9.13. The van der Waals surface area contributed by atoms with E-state index in [2.05, 4.69) is 5.32 Å². The molecule has 1 amide bonds. The monoisotopic (exact) mass is 349 g/mol. The molecule has 128 valence electrons. The second-order valence-electron chi connectivity index (χ2n) is 5.73. The minimum atomic E-state index is -3.95. The molecule has 0 aliphatic rings. The molecule has 0 spiro atoms. The predicted molar refractivity (Wildman–Crippen MR) is 90.8 cm³/mol. The van der Waals surface area contributed by atoms with Crippen molar-refractivity contribution in [1.29, 1.82) is 0 Å². The Morgan fingerprint density at radius 2 is 1.75 bits per heavy atom. The average Bonchev–Trinajstić information content (AvgIpc) is 2.54. The Bertz CT molecular complexity index is 849. The van der Waals surface area contributed by atoms with Gasteiger partial charge in [0.15, 0.2) is 9.84 Å². The van der Waals surface area contributed by atoms with E-state index in [1.54, 1.807) is 6.92 Å². The molecule has 0 saturated heterocycles. The maximum atomic E-state index is 13.3. The number of aryl methyl sites for hydroxylation is 1. The van der Waals surface area contributed by atoms with Crippen molar-refractivity contribution in [3.05, 3.63) is 65.5 Å². The van der Waals surface area contributed by atoms with Crippen molar-refractivity contribution >= 4 is 15.7 Å². The van der Waals surface area contributed by atoms with Crippen LogP contribution in [0.2, 0.25) is 0 Å². The Morgan fingerprint density at radius 3 is 2.38 bits per heavy atom. The SMILES string of the molecule is Cc1ccccc1[C@@H](C)NC(=O)[C@@H](C)S(=O)(=O)c1cccc(F)c1. The van der Waals surface area contributed by atoms with Crippen LogP contribution in [-0.2, 0) is 14.6 Å². The van der Waals surface area contributed by atoms with Crippen molar-refractivity contribution in [2.75, 3.05) is 0 Å². The zero-order valence-corrected chi connectivity index (χ0v) is 14.6. The molecule has 2 atom stereocenters. The number of hydrogen-bond donors (Lipinski definition) is 1. The molecule has 6 heteroatoms. The molecule has 0 saturated carbocycles. The number of carbonyl (C=O) groups excluding carboxylic acids is 1. The summed E-state index contributed by atoms with van der Waals surface area (Å²) < 4.78 is 38.2. The lowest BCUT2D eigenvalue weighted by molar-refractivity contribution is -0.121. The van der Waals surface area contributed by atoms with Crippen LogP contribution in [0.15, 0.2) is 53.4 Å². The van der Waals surface area contributed by atoms with Crippen molar-refractivity contribution in [3.8, 4) is 0 Å². The first-order chi connectivity index (χ1) is 11.2. The summed E-state index contributed by atoms with van der Waals surface area (Å²) in [6.07, 6.45) is 0. The fraction of sp³-hybridized carbons (Fsp3) is 0.278. The van der Waals surface area contributed by atoms with Gasteiger partial charge in [0.1, 0.15) is 11.1 Å². The molecule has 2 aromatic rings. The zero-order chi connectivity index (χ0) is 17.9. The summed E-state index contributed by atoms with van der Waals surface area (Å²) >= 11 is 0. The molecule has 0 heterocycles. The van der Waals surface area contributed by atoms with E-state index < -0.39 is 26.8 Å². The van der Waals surface area contributed by atoms with Crippen molar-refractivity contribution in [2.45, 2.75) is 37.0 Å². The third-order valence-electron chi connectivity index (χ3n) is 3.97. The third-order valence-corrected chi connectivity index (χ3v) is 6.03. The maximum absolute atomic E-state index is 13.3. The molecule has 2 aromatic carbocycles. The van der Waals surface area contributed by atoms with E-state index in [4.69, 9.17) is 0 Å². The Hall–Kier alpha value is -2.21. The molecule has 0 fully saturated rings. The summed E-state index contributed by atoms with van der Waals surface area (Å²) in [5, 5.41) is 1.40. The minimum absolute atomic E-state index is 0.200. The largest absolute Gasteiger partial charge is 0.348 e. The predicted octanol–water partition coefficient (Wildman–Crippen LogP) is 3.17. The fourth-order valence-electron chi connectivity index (χ4n) is 2.47. The molecular formula is C18H20FNO3S. The molecule has 0 bridgehead atoms. The number of amides is 1. The standard InChI is InChI=1S/C18H20FNO3S/c1-12-7-4-5-10-17(12)13(2)20-18(21)14(3)24(22,23)16-9-6-8-15(19)11-16/h4-11,13-14H,1-3H3,(H,20,21)/t13-,14-/m1/s1. The van der Waals surface area contributed by atoms with Gasteiger partial charge >= 0.3 is 0 Å². The smallest absolute Gasteiger partial charge is 0.238 e. The van der Waals surface area contributed by atoms with Crippen LogP contribution < -0.4 is 5.32 Å². The normalized spacial score (nSPS) is 14.0. The van der Waals surface area contributed by atoms with Crippen LogP contribution in [-0.4, -0.2) is 19.6 Å². The van der Waals surface area contributed by atoms with Gasteiger partial charge in [-0.25, -0.2) is 12.8 Å². The van der Waals surface area contributed by atoms with E-state index in [0.29, 0.717) is 0 Å². The van der Waals surface area contributed by atoms with Gasteiger partial charge in [-0.15, -0.1) is 0 Å². The number of hydrogen-bond acceptors (Lipinski definition) is 3. The zero-order valence-electron chi connectivity index (χ0n) is 13.8. The maximum Gasteiger partial charge on any atom is 0.238 e. The van der Waals surface area contributed by atoms with Crippen LogP contribution >= 0.6 is 0 Å². The number of nitrogens with one attached hydrogen (secondary N) is 1. The molecule has 4 nitrogen and oxygen atoms in total. The highest BCUT2D eigenvalue weighted by molar-refractivity contribution is 7.92. The first-order valence-electron chi connectivity index (χ1n) is 7.59. The minimum Gasteiger partial charge on any atom is -0.348 e. The second kappa shape index (κ2) is 7.13. The van der Waals surface area contributed by atoms with Crippen LogP contribution in [0.4, 0.5) is 4.39 Å². The number of rotatable bonds is 5. The summed E-state index contributed by atoms with van der Waals surface area (Å²) in [7, 11) is -3.95. The van der Waals surface area contributed by atoms with E-state index in [9.17, 15) is 17.6 Å². The molecule has 1 N–H and O–H groups in total. The number of carbonyl (C=O) groups is 1. The van der Waals surface area contributed by atoms with Crippen molar-refractivity contribution < 1.29 is 17.6 Å². The number of halogens is 1. The topological polar surface area (TPSA) is 63.2 Å². The van der Waals surface area contributed by atoms with Gasteiger partial charge in [0.05, 0.1) is 10.9 Å². The van der Waals surface area contributed by atoms with Gasteiger partial charge in [-0.05, 0) is 50.1 Å². The van der Waals surface area contributed by atoms with Gasteiger partial charge in [0.25, 0.3) is 0 Å². The van der Waals surface area contributed by atoms with E-state index >= 15 is 0 Å². The number of benzene rings is 2. The average molecular weight is 349 g/mol. The third kappa shape index (κ3) is 3.82. The molecule has 2 rings (SSSR count). The van der Waals surface area contributed by atoms with Gasteiger partial charge in [0.2, 0.25) is 5.91 Å². The van der Waals surface area contributed by atoms with Gasteiger partial charge in [-0.2, -0.15) is 0 Å². The van der Waals surface area contributed by atoms with E-state index in [0.717, 1.165) is 23.3 Å². The lowest BCUT2D eigenvalue weighted by Crippen LogP contribution is -2.39. The molecule has 24 heavy (non-hydrogen) atoms. The Labute approximate surface area is 141 Å². The van der Waals surface area contributed by atoms with Gasteiger partial charge in [-0.3, -0.25) is 4.79 Å². The highest BCUT2D eigenvalue weighted by Crippen LogP contribution is 2.20. The molecular weight excluding hydrogens is 329 g/mol. The number of sulfone groups is 1. The highest BCUT2D eigenvalue weighted by Gasteiger charge is 2.31. The van der Waals surface area contributed by atoms with Gasteiger partial charge in [0, 0.05) is 0 Å². The van der Waals surface area contributed by atoms with Crippen molar-refractivity contribution in [2.24, 2.45) is 0 Å². The second-order valence-corrected chi connectivity index (χ2v) is 8.00. The molecule has 0 unspecified atom stereocenters. The van der Waals surface area contributed by atoms with Crippen LogP contribution in [0.1, 0.15) is 31.0 Å². The van der Waals surface area contributed by atoms with Crippen molar-refractivity contribution in [3.63, 3.8) is 0 Å². The van der Waals surface area contributed by atoms with Crippen LogP contribution in [0.25, 0.3) is 0 Å². The first kappa shape index (κ1) is 18.1. The Morgan fingerprint density at radius 1 is 1.08 bits per heavy atom. The summed E-state index contributed by atoms with van der Waals surface area (Å²) in [6.45, 7) is 5.02. The fourth-order valence-corrected chi connectivity index (χ4v) is 3.77. The van der Waals surface area contributed by atoms with Crippen molar-refractivity contribution in [1.82, 2.24) is 5.32 Å². The quantitative estimate of drug-likeness (QED) is 0.902. The lowest BCUT2D eigenvalue weighted by Gasteiger charge is -2.19. The Kier molecular flexibility index (Phi) is 5.39. The highest BCUT2D eigenvalue weighted by atomic mass is 32.2. The van der Waals surface area contributed by atoms with Crippen LogP contribution in [0.5, 0.6) is 0 Å². The van der Waals surface area contributed by atoms with E-state index in [-0.39, 0.29) is 10.9 Å². The summed E-state index contributed by atoms with van der Waals surface area (Å²) in [5.74, 6) is -1.27. The van der Waals surface area contributed by atoms with Crippen LogP contribution in [0, 0.1) is 12.7 Å². The Balaban J connectivity index is 2.19. The summed E-state index contributed by atoms with van der Waals surface area (Å²) in [5.41, 5.74) is 1.92. The molecule has 0 aromatic heterocycles.